The number of carbonyl (C=O) groups is 1. The lowest BCUT2D eigenvalue weighted by atomic mass is 10.1. The van der Waals surface area contributed by atoms with Crippen molar-refractivity contribution in [3.8, 4) is 0 Å². The Bertz CT molecular complexity index is 431. The van der Waals surface area contributed by atoms with Crippen LogP contribution in [0, 0.1) is 0 Å². The molecule has 0 aliphatic carbocycles. The van der Waals surface area contributed by atoms with Gasteiger partial charge in [0.15, 0.2) is 5.69 Å². The second kappa shape index (κ2) is 4.14. The first-order valence-corrected chi connectivity index (χ1v) is 5.93. The van der Waals surface area contributed by atoms with Gasteiger partial charge in [0.05, 0.1) is 6.04 Å². The zero-order chi connectivity index (χ0) is 12.6. The third-order valence-electron chi connectivity index (χ3n) is 2.66. The van der Waals surface area contributed by atoms with Crippen molar-refractivity contribution >= 4 is 5.97 Å². The molecule has 1 atom stereocenters. The Balaban J connectivity index is 2.20. The van der Waals surface area contributed by atoms with Crippen LogP contribution >= 0.6 is 0 Å². The highest BCUT2D eigenvalue weighted by atomic mass is 16.6. The van der Waals surface area contributed by atoms with E-state index in [9.17, 15) is 4.79 Å². The molecule has 0 aromatic carbocycles. The van der Waals surface area contributed by atoms with Crippen molar-refractivity contribution in [3.63, 3.8) is 0 Å². The van der Waals surface area contributed by atoms with Gasteiger partial charge in [0.2, 0.25) is 0 Å². The molecule has 0 radical (unpaired) electrons. The number of hydrogen-bond acceptors (Lipinski definition) is 4. The highest BCUT2D eigenvalue weighted by Crippen LogP contribution is 2.23. The lowest BCUT2D eigenvalue weighted by Crippen LogP contribution is -2.24. The summed E-state index contributed by atoms with van der Waals surface area (Å²) in [7, 11) is 0. The maximum atomic E-state index is 11.8. The molecular formula is C12H19N3O2. The number of imidazole rings is 1. The van der Waals surface area contributed by atoms with E-state index in [1.807, 2.05) is 25.3 Å². The largest absolute Gasteiger partial charge is 0.455 e. The molecule has 0 bridgehead atoms. The Morgan fingerprint density at radius 3 is 2.88 bits per heavy atom. The first kappa shape index (κ1) is 12.1. The molecule has 2 rings (SSSR count). The summed E-state index contributed by atoms with van der Waals surface area (Å²) in [5.41, 5.74) is 5.81. The first-order chi connectivity index (χ1) is 7.87. The topological polar surface area (TPSA) is 70.1 Å². The van der Waals surface area contributed by atoms with Crippen LogP contribution in [0.15, 0.2) is 6.20 Å². The van der Waals surface area contributed by atoms with Crippen molar-refractivity contribution in [1.82, 2.24) is 9.55 Å². The van der Waals surface area contributed by atoms with Crippen LogP contribution in [0.5, 0.6) is 0 Å². The highest BCUT2D eigenvalue weighted by molar-refractivity contribution is 5.87. The molecule has 1 aromatic rings. The number of ether oxygens (including phenoxy) is 1. The lowest BCUT2D eigenvalue weighted by molar-refractivity contribution is 0.00632. The molecule has 0 saturated carbocycles. The number of rotatable bonds is 1. The monoisotopic (exact) mass is 237 g/mol. The van der Waals surface area contributed by atoms with Crippen LogP contribution in [0.4, 0.5) is 0 Å². The maximum Gasteiger partial charge on any atom is 0.359 e. The predicted octanol–water partition coefficient (Wildman–Crippen LogP) is 1.63. The highest BCUT2D eigenvalue weighted by Gasteiger charge is 2.25. The number of esters is 1. The van der Waals surface area contributed by atoms with Crippen LogP contribution in [0.1, 0.15) is 56.0 Å². The van der Waals surface area contributed by atoms with E-state index in [4.69, 9.17) is 10.5 Å². The second-order valence-corrected chi connectivity index (χ2v) is 5.43. The molecule has 2 N–H and O–H groups in total. The van der Waals surface area contributed by atoms with Gasteiger partial charge in [-0.15, -0.1) is 0 Å². The fraction of sp³-hybridized carbons (Fsp3) is 0.667. The molecule has 1 aromatic heterocycles. The molecule has 0 saturated heterocycles. The molecule has 17 heavy (non-hydrogen) atoms. The van der Waals surface area contributed by atoms with Crippen molar-refractivity contribution in [3.05, 3.63) is 17.7 Å². The Hall–Kier alpha value is -1.36. The van der Waals surface area contributed by atoms with E-state index < -0.39 is 5.60 Å². The average molecular weight is 237 g/mol. The molecule has 5 heteroatoms. The zero-order valence-corrected chi connectivity index (χ0v) is 10.6. The standard InChI is InChI=1S/C12H19N3O2/c1-12(2,3)17-11(16)9-7-15-6-4-5-8(13)10(15)14-9/h7-8H,4-6,13H2,1-3H3. The van der Waals surface area contributed by atoms with E-state index in [0.717, 1.165) is 25.2 Å². The predicted molar refractivity (Wildman–Crippen MR) is 63.6 cm³/mol. The SMILES string of the molecule is CC(C)(C)OC(=O)c1cn2c(n1)C(N)CCC2. The Labute approximate surface area is 101 Å². The van der Waals surface area contributed by atoms with Gasteiger partial charge >= 0.3 is 5.97 Å². The number of fused-ring (bicyclic) bond motifs is 1. The van der Waals surface area contributed by atoms with Crippen LogP contribution in [-0.4, -0.2) is 21.1 Å². The van der Waals surface area contributed by atoms with E-state index in [1.165, 1.54) is 0 Å². The van der Waals surface area contributed by atoms with Crippen molar-refractivity contribution in [2.24, 2.45) is 5.73 Å². The minimum Gasteiger partial charge on any atom is -0.455 e. The number of nitrogens with two attached hydrogens (primary N) is 1. The molecule has 0 amide bonds. The van der Waals surface area contributed by atoms with Crippen LogP contribution in [0.3, 0.4) is 0 Å². The Morgan fingerprint density at radius 1 is 1.59 bits per heavy atom. The van der Waals surface area contributed by atoms with E-state index in [2.05, 4.69) is 4.98 Å². The summed E-state index contributed by atoms with van der Waals surface area (Å²) in [5, 5.41) is 0. The number of hydrogen-bond donors (Lipinski definition) is 1. The second-order valence-electron chi connectivity index (χ2n) is 5.43. The van der Waals surface area contributed by atoms with Gasteiger partial charge < -0.3 is 15.0 Å². The number of aryl methyl sites for hydroxylation is 1. The van der Waals surface area contributed by atoms with E-state index in [0.29, 0.717) is 5.69 Å². The van der Waals surface area contributed by atoms with E-state index in [-0.39, 0.29) is 12.0 Å². The van der Waals surface area contributed by atoms with Gasteiger partial charge in [0, 0.05) is 12.7 Å². The van der Waals surface area contributed by atoms with Gasteiger partial charge in [-0.1, -0.05) is 0 Å². The molecule has 0 spiro atoms. The number of nitrogens with zero attached hydrogens (tertiary/aromatic N) is 2. The molecule has 0 fully saturated rings. The van der Waals surface area contributed by atoms with Crippen LogP contribution in [0.2, 0.25) is 0 Å². The summed E-state index contributed by atoms with van der Waals surface area (Å²) < 4.78 is 7.23. The minimum atomic E-state index is -0.497. The van der Waals surface area contributed by atoms with Crippen molar-refractivity contribution in [2.75, 3.05) is 0 Å². The van der Waals surface area contributed by atoms with Crippen LogP contribution < -0.4 is 5.73 Å². The molecule has 5 nitrogen and oxygen atoms in total. The van der Waals surface area contributed by atoms with Gasteiger partial charge in [-0.05, 0) is 33.6 Å². The van der Waals surface area contributed by atoms with Gasteiger partial charge in [-0.2, -0.15) is 0 Å². The third kappa shape index (κ3) is 2.66. The summed E-state index contributed by atoms with van der Waals surface area (Å²) >= 11 is 0. The fourth-order valence-corrected chi connectivity index (χ4v) is 1.94. The number of aromatic nitrogens is 2. The van der Waals surface area contributed by atoms with Gasteiger partial charge in [-0.25, -0.2) is 9.78 Å². The van der Waals surface area contributed by atoms with Gasteiger partial charge in [0.1, 0.15) is 11.4 Å². The molecule has 1 aliphatic rings. The van der Waals surface area contributed by atoms with Crippen LogP contribution in [0.25, 0.3) is 0 Å². The summed E-state index contributed by atoms with van der Waals surface area (Å²) in [5.74, 6) is 0.406. The summed E-state index contributed by atoms with van der Waals surface area (Å²) in [4.78, 5) is 16.1. The minimum absolute atomic E-state index is 0.0695. The zero-order valence-electron chi connectivity index (χ0n) is 10.6. The molecule has 94 valence electrons. The average Bonchev–Trinajstić information content (AvgIpc) is 2.60. The third-order valence-corrected chi connectivity index (χ3v) is 2.66. The quantitative estimate of drug-likeness (QED) is 0.754. The maximum absolute atomic E-state index is 11.8. The van der Waals surface area contributed by atoms with Crippen molar-refractivity contribution in [2.45, 2.75) is 51.8 Å². The van der Waals surface area contributed by atoms with E-state index >= 15 is 0 Å². The summed E-state index contributed by atoms with van der Waals surface area (Å²) in [6, 6.07) is -0.0695. The number of carbonyl (C=O) groups excluding carboxylic acids is 1. The van der Waals surface area contributed by atoms with Crippen molar-refractivity contribution < 1.29 is 9.53 Å². The summed E-state index contributed by atoms with van der Waals surface area (Å²) in [6.45, 7) is 6.39. The van der Waals surface area contributed by atoms with Gasteiger partial charge in [0.25, 0.3) is 0 Å². The molecule has 2 heterocycles. The molecular weight excluding hydrogens is 218 g/mol. The van der Waals surface area contributed by atoms with Crippen molar-refractivity contribution in [1.29, 1.82) is 0 Å². The fourth-order valence-electron chi connectivity index (χ4n) is 1.94. The Morgan fingerprint density at radius 2 is 2.29 bits per heavy atom. The van der Waals surface area contributed by atoms with E-state index in [1.54, 1.807) is 6.20 Å². The first-order valence-electron chi connectivity index (χ1n) is 5.93. The lowest BCUT2D eigenvalue weighted by Gasteiger charge is -2.19. The van der Waals surface area contributed by atoms with Gasteiger partial charge in [-0.3, -0.25) is 0 Å². The molecule has 1 aliphatic heterocycles. The Kier molecular flexibility index (Phi) is 2.95. The molecule has 1 unspecified atom stereocenters. The normalized spacial score (nSPS) is 19.9. The van der Waals surface area contributed by atoms with Crippen LogP contribution in [-0.2, 0) is 11.3 Å². The summed E-state index contributed by atoms with van der Waals surface area (Å²) in [6.07, 6.45) is 3.69. The smallest absolute Gasteiger partial charge is 0.359 e.